The van der Waals surface area contributed by atoms with Crippen molar-refractivity contribution >= 4 is 61.0 Å². The second kappa shape index (κ2) is 21.5. The van der Waals surface area contributed by atoms with Crippen LogP contribution in [0.25, 0.3) is 54.4 Å². The number of aliphatic hydroxyl groups is 2. The Labute approximate surface area is 458 Å². The molecule has 22 heteroatoms. The molecular weight excluding hydrogens is 1030 g/mol. The molecule has 8 aromatic rings. The molecule has 7 atom stereocenters. The van der Waals surface area contributed by atoms with Crippen LogP contribution in [-0.2, 0) is 20.9 Å². The number of H-pyrrole nitrogens is 1. The van der Waals surface area contributed by atoms with E-state index >= 15 is 4.39 Å². The highest BCUT2D eigenvalue weighted by atomic mass is 32.1. The Morgan fingerprint density at radius 1 is 1.03 bits per heavy atom. The van der Waals surface area contributed by atoms with Gasteiger partial charge in [-0.25, -0.2) is 14.1 Å². The Hall–Kier alpha value is -7.68. The van der Waals surface area contributed by atoms with Crippen LogP contribution in [0.5, 0.6) is 11.8 Å². The summed E-state index contributed by atoms with van der Waals surface area (Å²) in [5.41, 5.74) is 9.17. The van der Waals surface area contributed by atoms with Gasteiger partial charge in [0.15, 0.2) is 5.75 Å². The lowest BCUT2D eigenvalue weighted by Gasteiger charge is -2.30. The van der Waals surface area contributed by atoms with Gasteiger partial charge in [-0.1, -0.05) is 55.2 Å². The molecule has 8 heterocycles. The highest BCUT2D eigenvalue weighted by molar-refractivity contribution is 7.17. The predicted octanol–water partition coefficient (Wildman–Crippen LogP) is 5.99. The van der Waals surface area contributed by atoms with Crippen molar-refractivity contribution in [3.8, 4) is 46.0 Å². The van der Waals surface area contributed by atoms with E-state index < -0.39 is 42.7 Å². The number of piperazine rings is 1. The molecule has 4 aliphatic rings. The molecule has 3 saturated heterocycles. The molecule has 12 rings (SSSR count). The molecule has 2 bridgehead atoms. The van der Waals surface area contributed by atoms with Gasteiger partial charge >= 0.3 is 6.01 Å². The molecule has 79 heavy (non-hydrogen) atoms. The highest BCUT2D eigenvalue weighted by Crippen LogP contribution is 2.53. The van der Waals surface area contributed by atoms with E-state index in [0.29, 0.717) is 50.7 Å². The van der Waals surface area contributed by atoms with Crippen molar-refractivity contribution < 1.29 is 38.4 Å². The Kier molecular flexibility index (Phi) is 14.2. The fourth-order valence-electron chi connectivity index (χ4n) is 11.3. The number of fused-ring (bicyclic) bond motifs is 5. The lowest BCUT2D eigenvalue weighted by Crippen LogP contribution is -2.51. The number of carbonyl (C=O) groups is 2. The molecule has 0 unspecified atom stereocenters. The topological polar surface area (TPSA) is 244 Å². The summed E-state index contributed by atoms with van der Waals surface area (Å²) in [6.07, 6.45) is 8.47. The molecule has 408 valence electrons. The van der Waals surface area contributed by atoms with Crippen molar-refractivity contribution in [1.82, 2.24) is 60.7 Å². The van der Waals surface area contributed by atoms with Crippen molar-refractivity contribution in [3.05, 3.63) is 94.8 Å². The quantitative estimate of drug-likeness (QED) is 0.0658. The number of β-amino-alcohol motifs (C(OH)–C–C–N with tert-alkyl or cyclic N) is 1. The van der Waals surface area contributed by atoms with Crippen molar-refractivity contribution in [2.24, 2.45) is 5.92 Å². The van der Waals surface area contributed by atoms with E-state index in [4.69, 9.17) is 24.2 Å². The van der Waals surface area contributed by atoms with Gasteiger partial charge in [-0.2, -0.15) is 15.1 Å². The first-order valence-corrected chi connectivity index (χ1v) is 27.6. The molecule has 2 amide bonds. The molecule has 0 radical (unpaired) electrons. The summed E-state index contributed by atoms with van der Waals surface area (Å²) >= 11 is 1.41. The summed E-state index contributed by atoms with van der Waals surface area (Å²) < 4.78 is 37.4. The second-order valence-corrected chi connectivity index (χ2v) is 22.3. The number of ether oxygens (including phenoxy) is 3. The van der Waals surface area contributed by atoms with Crippen LogP contribution in [0.15, 0.2) is 66.7 Å². The lowest BCUT2D eigenvalue weighted by atomic mass is 9.88. The predicted molar refractivity (Wildman–Crippen MR) is 294 cm³/mol. The zero-order chi connectivity index (χ0) is 54.6. The molecule has 1 saturated carbocycles. The number of halogens is 1. The van der Waals surface area contributed by atoms with Gasteiger partial charge in [0, 0.05) is 78.9 Å². The maximum atomic E-state index is 16.1. The number of nitrogens with zero attached hydrogens (tertiary/aromatic N) is 10. The van der Waals surface area contributed by atoms with E-state index in [0.717, 1.165) is 75.9 Å². The smallest absolute Gasteiger partial charge is 0.319 e. The maximum absolute atomic E-state index is 16.1. The number of rotatable bonds is 17. The van der Waals surface area contributed by atoms with Crippen LogP contribution in [0.2, 0.25) is 0 Å². The number of hydrogen-bond acceptors (Lipinski definition) is 17. The van der Waals surface area contributed by atoms with Crippen LogP contribution < -0.4 is 25.0 Å². The van der Waals surface area contributed by atoms with Crippen LogP contribution in [0.3, 0.4) is 0 Å². The van der Waals surface area contributed by atoms with Crippen molar-refractivity contribution in [3.63, 3.8) is 0 Å². The van der Waals surface area contributed by atoms with Crippen LogP contribution >= 0.6 is 11.3 Å². The number of aliphatic hydroxyl groups excluding tert-OH is 2. The maximum Gasteiger partial charge on any atom is 0.319 e. The van der Waals surface area contributed by atoms with Gasteiger partial charge in [0.1, 0.15) is 59.7 Å². The first kappa shape index (κ1) is 52.0. The summed E-state index contributed by atoms with van der Waals surface area (Å²) in [6, 6.07) is 9.33. The Morgan fingerprint density at radius 2 is 1.86 bits per heavy atom. The van der Waals surface area contributed by atoms with Crippen LogP contribution in [0, 0.1) is 30.5 Å². The largest absolute Gasteiger partial charge is 0.486 e. The standard InChI is InChI=1S/C57H60FN13O7S/c1-29(2)51(56(75)70-23-39(73)15-47(70)55(74)63-36(25-72)13-12-35-18-59-21-45-53(35)79-28-61-45)71-24-46(67-68-71)34-8-6-32(7-9-34)27-77-52-49(48-31(4)43(58)17-44-42(48)20-62-66-44)40(33-10-11-33)16-41-50(52)64-57(78-26-30(3)76-5)65-54(41)69-22-37-14-38(69)19-60-37/h6-9,16-18,20-21,24,28-30,33,36-39,47,51,60,72-73H,10-11,14-15,19,22-23,25-27H2,1-5H3,(H,62,66)(H,63,74)/t30-,36+,37-,38-,39+,47-,51-/m0/s1. The zero-order valence-corrected chi connectivity index (χ0v) is 45.1. The van der Waals surface area contributed by atoms with E-state index in [1.807, 2.05) is 45.0 Å². The first-order chi connectivity index (χ1) is 38.3. The number of aromatic nitrogens is 9. The fourth-order valence-corrected chi connectivity index (χ4v) is 12.0. The highest BCUT2D eigenvalue weighted by Gasteiger charge is 2.44. The number of benzene rings is 3. The number of hydrogen-bond donors (Lipinski definition) is 5. The zero-order valence-electron chi connectivity index (χ0n) is 44.3. The fraction of sp³-hybridized carbons (Fsp3) is 0.421. The average molecular weight is 1090 g/mol. The monoisotopic (exact) mass is 1090 g/mol. The average Bonchev–Trinajstić information content (AvgIpc) is 4.37. The van der Waals surface area contributed by atoms with E-state index in [1.54, 1.807) is 44.3 Å². The summed E-state index contributed by atoms with van der Waals surface area (Å²) in [6.45, 7) is 8.91. The van der Waals surface area contributed by atoms with Crippen molar-refractivity contribution in [2.75, 3.05) is 44.9 Å². The number of pyridine rings is 1. The summed E-state index contributed by atoms with van der Waals surface area (Å²) in [5, 5.41) is 45.3. The lowest BCUT2D eigenvalue weighted by molar-refractivity contribution is -0.142. The molecule has 20 nitrogen and oxygen atoms in total. The van der Waals surface area contributed by atoms with E-state index in [2.05, 4.69) is 63.9 Å². The van der Waals surface area contributed by atoms with E-state index in [-0.39, 0.29) is 62.0 Å². The summed E-state index contributed by atoms with van der Waals surface area (Å²) in [7, 11) is 1.63. The van der Waals surface area contributed by atoms with Gasteiger partial charge in [0.2, 0.25) is 11.8 Å². The number of likely N-dealkylation sites (tertiary alicyclic amines) is 1. The number of carbonyl (C=O) groups excluding carboxylic acids is 2. The van der Waals surface area contributed by atoms with Crippen LogP contribution in [0.1, 0.15) is 80.7 Å². The van der Waals surface area contributed by atoms with Gasteiger partial charge in [-0.15, -0.1) is 16.4 Å². The SMILES string of the molecule is CO[C@@H](C)COc1nc(N2C[C@@H]3C[C@H]2CN3)c2cc(C3CC3)c(-c3c(C)c(F)cc4[nH]ncc34)c(OCc3ccc(-c4cn([C@H](C(=O)N5C[C@H](O)C[C@H]5C(=O)N[C@H](C#Cc5cncc6ncsc56)CO)C(C)C)nn4)cc3)c2n1. The minimum Gasteiger partial charge on any atom is -0.486 e. The van der Waals surface area contributed by atoms with Gasteiger partial charge in [0.05, 0.1) is 58.7 Å². The number of amides is 2. The van der Waals surface area contributed by atoms with E-state index in [9.17, 15) is 19.8 Å². The Bertz CT molecular complexity index is 3680. The third-order valence-electron chi connectivity index (χ3n) is 15.6. The third-order valence-corrected chi connectivity index (χ3v) is 16.5. The molecule has 0 spiro atoms. The van der Waals surface area contributed by atoms with Gasteiger partial charge in [0.25, 0.3) is 0 Å². The summed E-state index contributed by atoms with van der Waals surface area (Å²) in [5.74, 6) is 5.79. The van der Waals surface area contributed by atoms with Crippen molar-refractivity contribution in [2.45, 2.75) is 108 Å². The normalized spacial score (nSPS) is 20.1. The number of aromatic amines is 1. The second-order valence-electron chi connectivity index (χ2n) is 21.4. The minimum atomic E-state index is -1.02. The molecule has 1 aliphatic carbocycles. The molecule has 3 aromatic carbocycles. The van der Waals surface area contributed by atoms with Crippen molar-refractivity contribution in [1.29, 1.82) is 0 Å². The van der Waals surface area contributed by atoms with Gasteiger partial charge < -0.3 is 44.9 Å². The molecule has 4 fully saturated rings. The van der Waals surface area contributed by atoms with Gasteiger partial charge in [-0.05, 0) is 73.8 Å². The number of methoxy groups -OCH3 is 1. The van der Waals surface area contributed by atoms with E-state index in [1.165, 1.54) is 27.0 Å². The number of anilines is 1. The molecular formula is C57H60FN13O7S. The Morgan fingerprint density at radius 3 is 2.61 bits per heavy atom. The van der Waals surface area contributed by atoms with Crippen LogP contribution in [-0.4, -0.2) is 148 Å². The molecule has 5 N–H and O–H groups in total. The number of nitrogens with one attached hydrogen (secondary N) is 3. The first-order valence-electron chi connectivity index (χ1n) is 26.7. The molecule has 5 aromatic heterocycles. The Balaban J connectivity index is 0.829. The summed E-state index contributed by atoms with van der Waals surface area (Å²) in [4.78, 5) is 50.8. The minimum absolute atomic E-state index is 0.00862. The number of thiazole rings is 1. The third kappa shape index (κ3) is 10.1. The van der Waals surface area contributed by atoms with Gasteiger partial charge in [-0.3, -0.25) is 19.7 Å². The molecule has 3 aliphatic heterocycles. The van der Waals surface area contributed by atoms with Crippen LogP contribution in [0.4, 0.5) is 10.2 Å².